The molecule has 3 N–H and O–H groups in total. The highest BCUT2D eigenvalue weighted by molar-refractivity contribution is 5.82. The summed E-state index contributed by atoms with van der Waals surface area (Å²) < 4.78 is 0. The molecule has 0 aliphatic carbocycles. The fourth-order valence-electron chi connectivity index (χ4n) is 1.78. The van der Waals surface area contributed by atoms with Crippen molar-refractivity contribution in [3.8, 4) is 0 Å². The third-order valence-electron chi connectivity index (χ3n) is 2.80. The van der Waals surface area contributed by atoms with Crippen molar-refractivity contribution in [1.29, 1.82) is 0 Å². The van der Waals surface area contributed by atoms with Crippen LogP contribution in [0, 0.1) is 11.8 Å². The smallest absolute Gasteiger partial charge is 0.326 e. The van der Waals surface area contributed by atoms with Gasteiger partial charge in [-0.3, -0.25) is 0 Å². The summed E-state index contributed by atoms with van der Waals surface area (Å²) >= 11 is 0. The second-order valence-electron chi connectivity index (χ2n) is 5.81. The number of hydrogen-bond acceptors (Lipinski definition) is 2. The number of carbonyl (C=O) groups excluding carboxylic acids is 1. The van der Waals surface area contributed by atoms with Gasteiger partial charge in [-0.15, -0.1) is 0 Å². The summed E-state index contributed by atoms with van der Waals surface area (Å²) in [7, 11) is 0. The molecule has 0 bridgehead atoms. The van der Waals surface area contributed by atoms with Crippen molar-refractivity contribution in [2.75, 3.05) is 6.54 Å². The van der Waals surface area contributed by atoms with Crippen molar-refractivity contribution in [2.45, 2.75) is 59.4 Å². The lowest BCUT2D eigenvalue weighted by Gasteiger charge is -2.17. The maximum absolute atomic E-state index is 11.6. The van der Waals surface area contributed by atoms with Gasteiger partial charge in [-0.2, -0.15) is 0 Å². The number of carboxylic acids is 1. The first-order chi connectivity index (χ1) is 8.82. The van der Waals surface area contributed by atoms with Crippen molar-refractivity contribution in [3.05, 3.63) is 0 Å². The first-order valence-corrected chi connectivity index (χ1v) is 7.10. The Morgan fingerprint density at radius 3 is 2.16 bits per heavy atom. The van der Waals surface area contributed by atoms with Crippen molar-refractivity contribution in [2.24, 2.45) is 11.8 Å². The van der Waals surface area contributed by atoms with E-state index in [0.717, 1.165) is 19.3 Å². The number of nitrogens with one attached hydrogen (secondary N) is 2. The summed E-state index contributed by atoms with van der Waals surface area (Å²) in [5.41, 5.74) is 0. The Balaban J connectivity index is 3.84. The lowest BCUT2D eigenvalue weighted by Crippen LogP contribution is -2.46. The van der Waals surface area contributed by atoms with Gasteiger partial charge in [-0.25, -0.2) is 9.59 Å². The van der Waals surface area contributed by atoms with Gasteiger partial charge < -0.3 is 15.7 Å². The molecule has 0 rings (SSSR count). The number of hydrogen-bond donors (Lipinski definition) is 3. The third-order valence-corrected chi connectivity index (χ3v) is 2.80. The Hall–Kier alpha value is -1.26. The number of carbonyl (C=O) groups is 2. The van der Waals surface area contributed by atoms with Crippen LogP contribution in [0.25, 0.3) is 0 Å². The van der Waals surface area contributed by atoms with E-state index in [1.54, 1.807) is 0 Å². The molecule has 0 aromatic rings. The minimum Gasteiger partial charge on any atom is -0.480 e. The van der Waals surface area contributed by atoms with E-state index in [9.17, 15) is 9.59 Å². The van der Waals surface area contributed by atoms with Gasteiger partial charge in [-0.05, 0) is 24.7 Å². The van der Waals surface area contributed by atoms with Crippen LogP contribution in [0.2, 0.25) is 0 Å². The molecule has 1 atom stereocenters. The second-order valence-corrected chi connectivity index (χ2v) is 5.81. The van der Waals surface area contributed by atoms with Gasteiger partial charge in [0.2, 0.25) is 0 Å². The Morgan fingerprint density at radius 2 is 1.68 bits per heavy atom. The molecule has 0 spiro atoms. The van der Waals surface area contributed by atoms with E-state index in [1.807, 2.05) is 13.8 Å². The van der Waals surface area contributed by atoms with Crippen molar-refractivity contribution < 1.29 is 14.7 Å². The largest absolute Gasteiger partial charge is 0.480 e. The molecule has 0 unspecified atom stereocenters. The van der Waals surface area contributed by atoms with E-state index in [1.165, 1.54) is 0 Å². The zero-order chi connectivity index (χ0) is 14.8. The standard InChI is InChI=1S/C14H28N2O3/c1-10(2)7-5-6-8-15-14(19)16-12(13(17)18)9-11(3)4/h10-12H,5-9H2,1-4H3,(H,17,18)(H2,15,16,19)/t12-/m1/s1. The number of carboxylic acid groups (broad SMARTS) is 1. The molecule has 0 radical (unpaired) electrons. The fraction of sp³-hybridized carbons (Fsp3) is 0.857. The highest BCUT2D eigenvalue weighted by atomic mass is 16.4. The van der Waals surface area contributed by atoms with Gasteiger partial charge in [0.15, 0.2) is 0 Å². The van der Waals surface area contributed by atoms with Gasteiger partial charge >= 0.3 is 12.0 Å². The van der Waals surface area contributed by atoms with Crippen LogP contribution in [0.3, 0.4) is 0 Å². The van der Waals surface area contributed by atoms with E-state index in [4.69, 9.17) is 5.11 Å². The average Bonchev–Trinajstić information content (AvgIpc) is 2.26. The number of urea groups is 1. The lowest BCUT2D eigenvalue weighted by molar-refractivity contribution is -0.139. The van der Waals surface area contributed by atoms with Crippen LogP contribution in [0.15, 0.2) is 0 Å². The Labute approximate surface area is 116 Å². The highest BCUT2D eigenvalue weighted by Crippen LogP contribution is 2.06. The van der Waals surface area contributed by atoms with E-state index >= 15 is 0 Å². The SMILES string of the molecule is CC(C)CCCCNC(=O)N[C@H](CC(C)C)C(=O)O. The summed E-state index contributed by atoms with van der Waals surface area (Å²) in [6, 6.07) is -1.20. The van der Waals surface area contributed by atoms with Crippen LogP contribution in [-0.4, -0.2) is 29.7 Å². The number of rotatable bonds is 9. The van der Waals surface area contributed by atoms with Crippen LogP contribution in [0.1, 0.15) is 53.4 Å². The summed E-state index contributed by atoms with van der Waals surface area (Å²) in [6.07, 6.45) is 3.59. The molecule has 0 aromatic carbocycles. The summed E-state index contributed by atoms with van der Waals surface area (Å²) in [5, 5.41) is 14.2. The molecule has 2 amide bonds. The van der Waals surface area contributed by atoms with Crippen LogP contribution in [0.4, 0.5) is 4.79 Å². The van der Waals surface area contributed by atoms with E-state index in [-0.39, 0.29) is 5.92 Å². The number of amides is 2. The molecule has 0 aliphatic heterocycles. The molecule has 0 saturated carbocycles. The fourth-order valence-corrected chi connectivity index (χ4v) is 1.78. The van der Waals surface area contributed by atoms with Gasteiger partial charge in [0.1, 0.15) is 6.04 Å². The Kier molecular flexibility index (Phi) is 9.00. The summed E-state index contributed by atoms with van der Waals surface area (Å²) in [5.74, 6) is -0.0765. The van der Waals surface area contributed by atoms with Gasteiger partial charge in [0, 0.05) is 6.54 Å². The summed E-state index contributed by atoms with van der Waals surface area (Å²) in [6.45, 7) is 8.79. The molecule has 19 heavy (non-hydrogen) atoms. The average molecular weight is 272 g/mol. The molecule has 0 fully saturated rings. The molecule has 0 saturated heterocycles. The highest BCUT2D eigenvalue weighted by Gasteiger charge is 2.20. The molecule has 0 aliphatic rings. The molecule has 5 nitrogen and oxygen atoms in total. The normalized spacial score (nSPS) is 12.5. The minimum absolute atomic E-state index is 0.229. The van der Waals surface area contributed by atoms with Crippen LogP contribution < -0.4 is 10.6 Å². The molecular weight excluding hydrogens is 244 g/mol. The third kappa shape index (κ3) is 10.4. The zero-order valence-corrected chi connectivity index (χ0v) is 12.5. The summed E-state index contributed by atoms with van der Waals surface area (Å²) in [4.78, 5) is 22.5. The molecular formula is C14H28N2O3. The van der Waals surface area contributed by atoms with Crippen LogP contribution in [-0.2, 0) is 4.79 Å². The van der Waals surface area contributed by atoms with E-state index in [0.29, 0.717) is 18.9 Å². The van der Waals surface area contributed by atoms with Crippen molar-refractivity contribution in [3.63, 3.8) is 0 Å². The van der Waals surface area contributed by atoms with Gasteiger partial charge in [0.25, 0.3) is 0 Å². The van der Waals surface area contributed by atoms with Crippen molar-refractivity contribution in [1.82, 2.24) is 10.6 Å². The van der Waals surface area contributed by atoms with Crippen molar-refractivity contribution >= 4 is 12.0 Å². The lowest BCUT2D eigenvalue weighted by atomic mass is 10.0. The molecule has 0 aromatic heterocycles. The molecule has 112 valence electrons. The molecule has 5 heteroatoms. The molecule has 0 heterocycles. The predicted octanol–water partition coefficient (Wildman–Crippen LogP) is 2.61. The van der Waals surface area contributed by atoms with E-state index < -0.39 is 18.0 Å². The van der Waals surface area contributed by atoms with Crippen LogP contribution in [0.5, 0.6) is 0 Å². The topological polar surface area (TPSA) is 78.4 Å². The van der Waals surface area contributed by atoms with Gasteiger partial charge in [0.05, 0.1) is 0 Å². The van der Waals surface area contributed by atoms with E-state index in [2.05, 4.69) is 24.5 Å². The predicted molar refractivity (Wildman–Crippen MR) is 76.1 cm³/mol. The number of aliphatic carboxylic acids is 1. The minimum atomic E-state index is -0.983. The maximum Gasteiger partial charge on any atom is 0.326 e. The quantitative estimate of drug-likeness (QED) is 0.564. The van der Waals surface area contributed by atoms with Crippen LogP contribution >= 0.6 is 0 Å². The monoisotopic (exact) mass is 272 g/mol. The Bertz CT molecular complexity index is 278. The maximum atomic E-state index is 11.6. The van der Waals surface area contributed by atoms with Gasteiger partial charge in [-0.1, -0.05) is 40.5 Å². The zero-order valence-electron chi connectivity index (χ0n) is 12.5. The number of unbranched alkanes of at least 4 members (excludes halogenated alkanes) is 1. The second kappa shape index (κ2) is 9.64. The Morgan fingerprint density at radius 1 is 1.05 bits per heavy atom. The first-order valence-electron chi connectivity index (χ1n) is 7.10. The first kappa shape index (κ1) is 17.7.